The molecule has 0 aliphatic carbocycles. The summed E-state index contributed by atoms with van der Waals surface area (Å²) in [4.78, 5) is 18.5. The standard InChI is InChI=1S/C20H27N3O/c1-14(2)20(24)23-10-8-18(15(3)13-23)22-12-16-6-7-19-17(11-16)5-4-9-21-19/h4-7,9,11,14-15,18,22H,8,10,12-13H2,1-3H3/t15-,18+/m0/s1. The van der Waals surface area contributed by atoms with Crippen LogP contribution in [0.1, 0.15) is 32.8 Å². The smallest absolute Gasteiger partial charge is 0.225 e. The molecule has 4 nitrogen and oxygen atoms in total. The predicted molar refractivity (Wildman–Crippen MR) is 97.6 cm³/mol. The molecule has 4 heteroatoms. The lowest BCUT2D eigenvalue weighted by molar-refractivity contribution is -0.136. The quantitative estimate of drug-likeness (QED) is 0.939. The number of hydrogen-bond acceptors (Lipinski definition) is 3. The molecular formula is C20H27N3O. The Balaban J connectivity index is 1.57. The summed E-state index contributed by atoms with van der Waals surface area (Å²) in [7, 11) is 0. The summed E-state index contributed by atoms with van der Waals surface area (Å²) in [5.41, 5.74) is 2.32. The summed E-state index contributed by atoms with van der Waals surface area (Å²) in [6, 6.07) is 11.0. The van der Waals surface area contributed by atoms with Crippen LogP contribution in [0.25, 0.3) is 10.9 Å². The van der Waals surface area contributed by atoms with Crippen LogP contribution in [0, 0.1) is 11.8 Å². The Labute approximate surface area is 144 Å². The third-order valence-electron chi connectivity index (χ3n) is 4.95. The fraction of sp³-hybridized carbons (Fsp3) is 0.500. The number of piperidine rings is 1. The van der Waals surface area contributed by atoms with E-state index < -0.39 is 0 Å². The third-order valence-corrected chi connectivity index (χ3v) is 4.95. The van der Waals surface area contributed by atoms with E-state index in [9.17, 15) is 4.79 Å². The highest BCUT2D eigenvalue weighted by Crippen LogP contribution is 2.20. The second kappa shape index (κ2) is 7.31. The molecule has 3 rings (SSSR count). The maximum absolute atomic E-state index is 12.2. The van der Waals surface area contributed by atoms with Crippen molar-refractivity contribution in [2.24, 2.45) is 11.8 Å². The Morgan fingerprint density at radius 2 is 2.21 bits per heavy atom. The summed E-state index contributed by atoms with van der Waals surface area (Å²) in [5.74, 6) is 0.846. The van der Waals surface area contributed by atoms with E-state index in [0.717, 1.165) is 31.6 Å². The first-order valence-electron chi connectivity index (χ1n) is 8.90. The summed E-state index contributed by atoms with van der Waals surface area (Å²) in [6.07, 6.45) is 2.85. The van der Waals surface area contributed by atoms with Crippen LogP contribution in [0.4, 0.5) is 0 Å². The van der Waals surface area contributed by atoms with Gasteiger partial charge in [-0.1, -0.05) is 32.9 Å². The predicted octanol–water partition coefficient (Wildman–Crippen LogP) is 3.22. The average molecular weight is 325 g/mol. The molecule has 1 aliphatic heterocycles. The van der Waals surface area contributed by atoms with Gasteiger partial charge in [-0.25, -0.2) is 0 Å². The highest BCUT2D eigenvalue weighted by atomic mass is 16.2. The Bertz CT molecular complexity index is 713. The maximum atomic E-state index is 12.2. The lowest BCUT2D eigenvalue weighted by atomic mass is 9.92. The van der Waals surface area contributed by atoms with E-state index >= 15 is 0 Å². The number of rotatable bonds is 4. The van der Waals surface area contributed by atoms with Crippen molar-refractivity contribution in [3.63, 3.8) is 0 Å². The van der Waals surface area contributed by atoms with Crippen LogP contribution in [0.5, 0.6) is 0 Å². The number of benzene rings is 1. The summed E-state index contributed by atoms with van der Waals surface area (Å²) < 4.78 is 0. The molecule has 0 saturated carbocycles. The first-order valence-corrected chi connectivity index (χ1v) is 8.90. The van der Waals surface area contributed by atoms with Crippen LogP contribution in [0.2, 0.25) is 0 Å². The topological polar surface area (TPSA) is 45.2 Å². The molecule has 1 N–H and O–H groups in total. The zero-order valence-electron chi connectivity index (χ0n) is 14.8. The van der Waals surface area contributed by atoms with E-state index in [1.54, 1.807) is 0 Å². The Morgan fingerprint density at radius 1 is 1.38 bits per heavy atom. The molecule has 128 valence electrons. The number of hydrogen-bond donors (Lipinski definition) is 1. The van der Waals surface area contributed by atoms with Gasteiger partial charge in [-0.3, -0.25) is 9.78 Å². The van der Waals surface area contributed by atoms with Crippen molar-refractivity contribution in [2.45, 2.75) is 39.8 Å². The van der Waals surface area contributed by atoms with Crippen LogP contribution in [0.3, 0.4) is 0 Å². The number of fused-ring (bicyclic) bond motifs is 1. The minimum atomic E-state index is 0.0907. The minimum absolute atomic E-state index is 0.0907. The van der Waals surface area contributed by atoms with Gasteiger partial charge in [-0.2, -0.15) is 0 Å². The number of aromatic nitrogens is 1. The first-order chi connectivity index (χ1) is 11.5. The molecule has 1 saturated heterocycles. The number of amides is 1. The number of nitrogens with zero attached hydrogens (tertiary/aromatic N) is 2. The van der Waals surface area contributed by atoms with Gasteiger partial charge in [0.05, 0.1) is 5.52 Å². The molecule has 0 spiro atoms. The molecule has 0 bridgehead atoms. The number of pyridine rings is 1. The molecule has 0 radical (unpaired) electrons. The molecule has 2 atom stereocenters. The zero-order chi connectivity index (χ0) is 17.1. The van der Waals surface area contributed by atoms with E-state index in [0.29, 0.717) is 12.0 Å². The lowest BCUT2D eigenvalue weighted by Crippen LogP contribution is -2.50. The van der Waals surface area contributed by atoms with E-state index in [-0.39, 0.29) is 11.8 Å². The van der Waals surface area contributed by atoms with Crippen molar-refractivity contribution in [3.8, 4) is 0 Å². The van der Waals surface area contributed by atoms with Gasteiger partial charge in [0.2, 0.25) is 5.91 Å². The number of carbonyl (C=O) groups excluding carboxylic acids is 1. The van der Waals surface area contributed by atoms with E-state index in [2.05, 4.69) is 41.5 Å². The molecule has 0 unspecified atom stereocenters. The number of likely N-dealkylation sites (tertiary alicyclic amines) is 1. The molecule has 1 aromatic heterocycles. The third kappa shape index (κ3) is 3.75. The van der Waals surface area contributed by atoms with Crippen LogP contribution in [-0.2, 0) is 11.3 Å². The Morgan fingerprint density at radius 3 is 2.96 bits per heavy atom. The van der Waals surface area contributed by atoms with Gasteiger partial charge in [0.1, 0.15) is 0 Å². The Hall–Kier alpha value is -1.94. The van der Waals surface area contributed by atoms with Crippen molar-refractivity contribution >= 4 is 16.8 Å². The fourth-order valence-electron chi connectivity index (χ4n) is 3.50. The molecule has 1 aliphatic rings. The number of carbonyl (C=O) groups is 1. The molecule has 24 heavy (non-hydrogen) atoms. The van der Waals surface area contributed by atoms with Crippen LogP contribution >= 0.6 is 0 Å². The van der Waals surface area contributed by atoms with Gasteiger partial charge in [0.25, 0.3) is 0 Å². The molecule has 1 aromatic carbocycles. The number of nitrogens with one attached hydrogen (secondary N) is 1. The maximum Gasteiger partial charge on any atom is 0.225 e. The minimum Gasteiger partial charge on any atom is -0.342 e. The molecule has 1 fully saturated rings. The normalized spacial score (nSPS) is 21.4. The summed E-state index contributed by atoms with van der Waals surface area (Å²) in [6.45, 7) is 8.77. The van der Waals surface area contributed by atoms with Gasteiger partial charge >= 0.3 is 0 Å². The molecule has 1 amide bonds. The van der Waals surface area contributed by atoms with Crippen molar-refractivity contribution in [1.29, 1.82) is 0 Å². The van der Waals surface area contributed by atoms with Crippen LogP contribution in [-0.4, -0.2) is 34.9 Å². The largest absolute Gasteiger partial charge is 0.342 e. The SMILES string of the molecule is CC(C)C(=O)N1CC[C@@H](NCc2ccc3ncccc3c2)[C@@H](C)C1. The first kappa shape index (κ1) is 16.9. The summed E-state index contributed by atoms with van der Waals surface area (Å²) >= 11 is 0. The highest BCUT2D eigenvalue weighted by molar-refractivity contribution is 5.79. The van der Waals surface area contributed by atoms with Gasteiger partial charge in [0.15, 0.2) is 0 Å². The lowest BCUT2D eigenvalue weighted by Gasteiger charge is -2.38. The van der Waals surface area contributed by atoms with Crippen molar-refractivity contribution in [1.82, 2.24) is 15.2 Å². The molecule has 2 heterocycles. The summed E-state index contributed by atoms with van der Waals surface area (Å²) in [5, 5.41) is 4.87. The van der Waals surface area contributed by atoms with Crippen LogP contribution < -0.4 is 5.32 Å². The highest BCUT2D eigenvalue weighted by Gasteiger charge is 2.29. The van der Waals surface area contributed by atoms with E-state index in [1.165, 1.54) is 10.9 Å². The molecule has 2 aromatic rings. The van der Waals surface area contributed by atoms with Gasteiger partial charge in [-0.15, -0.1) is 0 Å². The second-order valence-corrected chi connectivity index (χ2v) is 7.22. The van der Waals surface area contributed by atoms with Gasteiger partial charge in [0, 0.05) is 43.2 Å². The van der Waals surface area contributed by atoms with Crippen molar-refractivity contribution < 1.29 is 4.79 Å². The van der Waals surface area contributed by atoms with Gasteiger partial charge in [-0.05, 0) is 36.1 Å². The second-order valence-electron chi connectivity index (χ2n) is 7.22. The fourth-order valence-corrected chi connectivity index (χ4v) is 3.50. The average Bonchev–Trinajstić information content (AvgIpc) is 2.59. The zero-order valence-corrected chi connectivity index (χ0v) is 14.8. The monoisotopic (exact) mass is 325 g/mol. The van der Waals surface area contributed by atoms with Crippen LogP contribution in [0.15, 0.2) is 36.5 Å². The molecular weight excluding hydrogens is 298 g/mol. The van der Waals surface area contributed by atoms with Crippen molar-refractivity contribution in [3.05, 3.63) is 42.1 Å². The van der Waals surface area contributed by atoms with Crippen molar-refractivity contribution in [2.75, 3.05) is 13.1 Å². The Kier molecular flexibility index (Phi) is 5.14. The van der Waals surface area contributed by atoms with E-state index in [1.807, 2.05) is 31.0 Å². The van der Waals surface area contributed by atoms with Gasteiger partial charge < -0.3 is 10.2 Å². The van der Waals surface area contributed by atoms with E-state index in [4.69, 9.17) is 0 Å².